The van der Waals surface area contributed by atoms with Crippen LogP contribution in [0.5, 0.6) is 0 Å². The number of benzene rings is 1. The maximum Gasteiger partial charge on any atom is 0.335 e. The Bertz CT molecular complexity index is 822. The average molecular weight is 410 g/mol. The summed E-state index contributed by atoms with van der Waals surface area (Å²) in [4.78, 5) is 50.4. The van der Waals surface area contributed by atoms with Crippen LogP contribution in [0.4, 0.5) is 0 Å². The van der Waals surface area contributed by atoms with Gasteiger partial charge in [0.2, 0.25) is 5.41 Å². The Balaban J connectivity index is 2.91. The fourth-order valence-corrected chi connectivity index (χ4v) is 3.62. The van der Waals surface area contributed by atoms with Gasteiger partial charge in [0, 0.05) is 17.1 Å². The Morgan fingerprint density at radius 3 is 2.39 bits per heavy atom. The van der Waals surface area contributed by atoms with E-state index < -0.39 is 35.3 Å². The van der Waals surface area contributed by atoms with Gasteiger partial charge in [-0.2, -0.15) is 0 Å². The van der Waals surface area contributed by atoms with Crippen molar-refractivity contribution >= 4 is 35.8 Å². The smallest absolute Gasteiger partial charge is 0.335 e. The topological polar surface area (TPSA) is 108 Å². The molecule has 3 unspecified atom stereocenters. The maximum atomic E-state index is 13.1. The highest BCUT2D eigenvalue weighted by Gasteiger charge is 2.64. The Hall–Kier alpha value is -2.87. The minimum atomic E-state index is -2.23. The van der Waals surface area contributed by atoms with Gasteiger partial charge in [-0.05, 0) is 18.6 Å². The van der Waals surface area contributed by atoms with Gasteiger partial charge >= 0.3 is 17.9 Å². The summed E-state index contributed by atoms with van der Waals surface area (Å²) in [5.41, 5.74) is -2.03. The summed E-state index contributed by atoms with van der Waals surface area (Å²) in [6.45, 7) is 1.49. The van der Waals surface area contributed by atoms with Crippen molar-refractivity contribution in [3.05, 3.63) is 46.6 Å². The molecule has 0 saturated heterocycles. The van der Waals surface area contributed by atoms with Gasteiger partial charge in [0.15, 0.2) is 0 Å². The first-order valence-corrected chi connectivity index (χ1v) is 8.77. The zero-order valence-corrected chi connectivity index (χ0v) is 16.3. The lowest BCUT2D eigenvalue weighted by Crippen LogP contribution is -2.62. The first-order chi connectivity index (χ1) is 13.4. The van der Waals surface area contributed by atoms with E-state index in [4.69, 9.17) is 25.8 Å². The van der Waals surface area contributed by atoms with Crippen molar-refractivity contribution in [3.63, 3.8) is 0 Å². The lowest BCUT2D eigenvalue weighted by Gasteiger charge is -2.43. The van der Waals surface area contributed by atoms with Crippen LogP contribution in [0.15, 0.2) is 36.0 Å². The van der Waals surface area contributed by atoms with E-state index in [1.165, 1.54) is 12.3 Å². The number of carbonyl (C=O) groups excluding carboxylic acids is 4. The SMILES string of the molecule is CCOC(=O)C1(C(=O)OC)C(C=O)NC=C(C(=O)OC)C1c1ccccc1Cl. The fraction of sp³-hybridized carbons (Fsp3) is 0.368. The molecule has 1 heterocycles. The molecule has 28 heavy (non-hydrogen) atoms. The molecule has 9 heteroatoms. The molecule has 0 spiro atoms. The summed E-state index contributed by atoms with van der Waals surface area (Å²) in [5, 5.41) is 2.81. The quantitative estimate of drug-likeness (QED) is 0.325. The summed E-state index contributed by atoms with van der Waals surface area (Å²) in [6.07, 6.45) is 1.63. The van der Waals surface area contributed by atoms with Gasteiger partial charge in [-0.25, -0.2) is 4.79 Å². The number of halogens is 1. The van der Waals surface area contributed by atoms with Gasteiger partial charge in [-0.15, -0.1) is 0 Å². The van der Waals surface area contributed by atoms with Crippen molar-refractivity contribution in [1.29, 1.82) is 0 Å². The lowest BCUT2D eigenvalue weighted by atomic mass is 9.62. The van der Waals surface area contributed by atoms with Crippen molar-refractivity contribution in [1.82, 2.24) is 5.32 Å². The van der Waals surface area contributed by atoms with E-state index in [2.05, 4.69) is 5.32 Å². The van der Waals surface area contributed by atoms with Crippen LogP contribution in [0, 0.1) is 5.41 Å². The van der Waals surface area contributed by atoms with Crippen LogP contribution < -0.4 is 5.32 Å². The predicted molar refractivity (Wildman–Crippen MR) is 98.4 cm³/mol. The first-order valence-electron chi connectivity index (χ1n) is 8.39. The van der Waals surface area contributed by atoms with Gasteiger partial charge in [-0.1, -0.05) is 29.8 Å². The molecular formula is C19H20ClNO7. The second-order valence-electron chi connectivity index (χ2n) is 5.91. The van der Waals surface area contributed by atoms with Crippen LogP contribution in [0.1, 0.15) is 18.4 Å². The minimum absolute atomic E-state index is 0.0599. The highest BCUT2D eigenvalue weighted by Crippen LogP contribution is 2.49. The molecule has 0 aromatic heterocycles. The molecule has 1 aliphatic heterocycles. The molecule has 1 N–H and O–H groups in total. The molecule has 8 nitrogen and oxygen atoms in total. The van der Waals surface area contributed by atoms with E-state index in [1.54, 1.807) is 25.1 Å². The number of methoxy groups -OCH3 is 2. The molecule has 1 aromatic carbocycles. The van der Waals surface area contributed by atoms with Crippen LogP contribution in [-0.2, 0) is 33.4 Å². The zero-order chi connectivity index (χ0) is 20.9. The van der Waals surface area contributed by atoms with Crippen molar-refractivity contribution in [2.24, 2.45) is 5.41 Å². The van der Waals surface area contributed by atoms with E-state index in [9.17, 15) is 19.2 Å². The number of ether oxygens (including phenoxy) is 3. The molecule has 0 amide bonds. The van der Waals surface area contributed by atoms with Crippen LogP contribution >= 0.6 is 11.6 Å². The second kappa shape index (κ2) is 8.88. The van der Waals surface area contributed by atoms with Gasteiger partial charge in [-0.3, -0.25) is 9.59 Å². The van der Waals surface area contributed by atoms with E-state index in [1.807, 2.05) is 0 Å². The van der Waals surface area contributed by atoms with Crippen molar-refractivity contribution in [2.75, 3.05) is 20.8 Å². The third-order valence-electron chi connectivity index (χ3n) is 4.59. The summed E-state index contributed by atoms with van der Waals surface area (Å²) in [6, 6.07) is 5.00. The van der Waals surface area contributed by atoms with E-state index >= 15 is 0 Å². The van der Waals surface area contributed by atoms with Gasteiger partial charge in [0.05, 0.1) is 26.4 Å². The molecule has 0 fully saturated rings. The summed E-state index contributed by atoms with van der Waals surface area (Å²) < 4.78 is 14.8. The molecule has 0 bridgehead atoms. The fourth-order valence-electron chi connectivity index (χ4n) is 3.37. The van der Waals surface area contributed by atoms with Crippen molar-refractivity contribution in [3.8, 4) is 0 Å². The lowest BCUT2D eigenvalue weighted by molar-refractivity contribution is -0.176. The standard InChI is InChI=1S/C19H20ClNO7/c1-4-28-18(25)19(17(24)27-3)14(10-22)21-9-12(16(23)26-2)15(19)11-7-5-6-8-13(11)20/h5-10,14-15,21H,4H2,1-3H3. The molecule has 150 valence electrons. The molecule has 0 aliphatic carbocycles. The molecule has 1 aliphatic rings. The molecule has 3 atom stereocenters. The zero-order valence-electron chi connectivity index (χ0n) is 15.6. The van der Waals surface area contributed by atoms with Gasteiger partial charge in [0.1, 0.15) is 12.3 Å². The van der Waals surface area contributed by atoms with Crippen LogP contribution in [0.2, 0.25) is 5.02 Å². The second-order valence-corrected chi connectivity index (χ2v) is 6.31. The van der Waals surface area contributed by atoms with Crippen molar-refractivity contribution < 1.29 is 33.4 Å². The maximum absolute atomic E-state index is 13.1. The van der Waals surface area contributed by atoms with E-state index in [0.29, 0.717) is 6.29 Å². The third kappa shape index (κ3) is 3.35. The van der Waals surface area contributed by atoms with Gasteiger partial charge in [0.25, 0.3) is 0 Å². The number of esters is 3. The van der Waals surface area contributed by atoms with Crippen LogP contribution in [-0.4, -0.2) is 51.1 Å². The molecule has 2 rings (SSSR count). The molecular weight excluding hydrogens is 390 g/mol. The number of rotatable bonds is 6. The third-order valence-corrected chi connectivity index (χ3v) is 4.93. The highest BCUT2D eigenvalue weighted by atomic mass is 35.5. The number of nitrogens with one attached hydrogen (secondary N) is 1. The molecule has 0 saturated carbocycles. The Morgan fingerprint density at radius 2 is 1.86 bits per heavy atom. The predicted octanol–water partition coefficient (Wildman–Crippen LogP) is 1.37. The normalized spacial score (nSPS) is 23.6. The molecule has 0 radical (unpaired) electrons. The number of carbonyl (C=O) groups is 4. The number of hydrogen-bond acceptors (Lipinski definition) is 8. The van der Waals surface area contributed by atoms with Crippen molar-refractivity contribution in [2.45, 2.75) is 18.9 Å². The summed E-state index contributed by atoms with van der Waals surface area (Å²) in [5.74, 6) is -4.16. The van der Waals surface area contributed by atoms with Crippen LogP contribution in [0.25, 0.3) is 0 Å². The molecule has 1 aromatic rings. The average Bonchev–Trinajstić information content (AvgIpc) is 2.71. The summed E-state index contributed by atoms with van der Waals surface area (Å²) in [7, 11) is 2.23. The Morgan fingerprint density at radius 1 is 1.18 bits per heavy atom. The first kappa shape index (κ1) is 21.4. The summed E-state index contributed by atoms with van der Waals surface area (Å²) >= 11 is 6.33. The van der Waals surface area contributed by atoms with Gasteiger partial charge < -0.3 is 24.3 Å². The highest BCUT2D eigenvalue weighted by molar-refractivity contribution is 6.31. The van der Waals surface area contributed by atoms with E-state index in [0.717, 1.165) is 14.2 Å². The van der Waals surface area contributed by atoms with E-state index in [-0.39, 0.29) is 22.8 Å². The monoisotopic (exact) mass is 409 g/mol. The Kier molecular flexibility index (Phi) is 6.80. The van der Waals surface area contributed by atoms with Crippen LogP contribution in [0.3, 0.4) is 0 Å². The largest absolute Gasteiger partial charge is 0.468 e. The minimum Gasteiger partial charge on any atom is -0.468 e. The number of aldehydes is 1. The number of hydrogen-bond donors (Lipinski definition) is 1. The Labute approximate surface area is 166 Å².